The van der Waals surface area contributed by atoms with Gasteiger partial charge in [0.2, 0.25) is 0 Å². The van der Waals surface area contributed by atoms with Crippen LogP contribution in [-0.4, -0.2) is 37.2 Å². The minimum absolute atomic E-state index is 0.0787. The van der Waals surface area contributed by atoms with Crippen molar-refractivity contribution >= 4 is 17.9 Å². The predicted octanol–water partition coefficient (Wildman–Crippen LogP) is 16.7. The van der Waals surface area contributed by atoms with Crippen LogP contribution in [0.3, 0.4) is 0 Å². The molecule has 0 aliphatic carbocycles. The van der Waals surface area contributed by atoms with Crippen LogP contribution in [0.25, 0.3) is 0 Å². The molecule has 60 heavy (non-hydrogen) atoms. The number of unbranched alkanes of at least 4 members (excludes halogenated alkanes) is 27. The fourth-order valence-corrected chi connectivity index (χ4v) is 7.15. The molecular weight excluding hydrogens is 745 g/mol. The topological polar surface area (TPSA) is 78.9 Å². The van der Waals surface area contributed by atoms with Crippen molar-refractivity contribution in [2.45, 2.75) is 264 Å². The largest absolute Gasteiger partial charge is 0.462 e. The van der Waals surface area contributed by atoms with Gasteiger partial charge >= 0.3 is 17.9 Å². The van der Waals surface area contributed by atoms with Gasteiger partial charge < -0.3 is 14.2 Å². The first-order valence-corrected chi connectivity index (χ1v) is 25.6. The summed E-state index contributed by atoms with van der Waals surface area (Å²) in [5, 5.41) is 0. The van der Waals surface area contributed by atoms with Crippen LogP contribution in [0.15, 0.2) is 48.6 Å². The molecule has 0 aromatic heterocycles. The lowest BCUT2D eigenvalue weighted by atomic mass is 10.1. The molecule has 6 nitrogen and oxygen atoms in total. The maximum Gasteiger partial charge on any atom is 0.306 e. The third kappa shape index (κ3) is 46.4. The Labute approximate surface area is 371 Å². The second kappa shape index (κ2) is 49.0. The zero-order valence-electron chi connectivity index (χ0n) is 39.7. The Hall–Kier alpha value is -2.63. The van der Waals surface area contributed by atoms with E-state index in [0.29, 0.717) is 19.3 Å². The summed E-state index contributed by atoms with van der Waals surface area (Å²) in [4.78, 5) is 37.7. The molecule has 0 saturated carbocycles. The van der Waals surface area contributed by atoms with Gasteiger partial charge in [-0.05, 0) is 83.5 Å². The summed E-state index contributed by atoms with van der Waals surface area (Å²) in [6.07, 6.45) is 58.3. The van der Waals surface area contributed by atoms with Crippen molar-refractivity contribution in [3.63, 3.8) is 0 Å². The quantitative estimate of drug-likeness (QED) is 0.0263. The Morgan fingerprint density at radius 2 is 0.600 bits per heavy atom. The average Bonchev–Trinajstić information content (AvgIpc) is 3.24. The highest BCUT2D eigenvalue weighted by molar-refractivity contribution is 5.71. The van der Waals surface area contributed by atoms with Crippen molar-refractivity contribution in [1.82, 2.24) is 0 Å². The molecule has 0 fully saturated rings. The van der Waals surface area contributed by atoms with Crippen LogP contribution in [0.1, 0.15) is 258 Å². The molecular formula is C54H96O6. The standard InChI is InChI=1S/C54H96O6/c1-4-7-10-13-16-18-20-22-24-26-27-29-30-32-34-36-38-41-44-47-53(56)59-50-51(49-58-52(55)46-43-40-15-12-9-6-3)60-54(57)48-45-42-39-37-35-33-31-28-25-23-21-19-17-14-11-8-5-2/h16,18,22-25,27,29,51H,4-15,17,19-21,26,28,30-50H2,1-3H3/b18-16-,24-22-,25-23-,29-27-. The maximum absolute atomic E-state index is 12.7. The van der Waals surface area contributed by atoms with E-state index in [1.54, 1.807) is 0 Å². The van der Waals surface area contributed by atoms with Gasteiger partial charge in [0.25, 0.3) is 0 Å². The van der Waals surface area contributed by atoms with Crippen LogP contribution in [-0.2, 0) is 28.6 Å². The lowest BCUT2D eigenvalue weighted by Crippen LogP contribution is -2.30. The normalized spacial score (nSPS) is 12.4. The van der Waals surface area contributed by atoms with Crippen molar-refractivity contribution in [2.24, 2.45) is 0 Å². The Balaban J connectivity index is 4.24. The van der Waals surface area contributed by atoms with E-state index in [2.05, 4.69) is 69.4 Å². The van der Waals surface area contributed by atoms with Crippen LogP contribution in [0, 0.1) is 0 Å². The van der Waals surface area contributed by atoms with Crippen molar-refractivity contribution in [3.8, 4) is 0 Å². The minimum Gasteiger partial charge on any atom is -0.462 e. The third-order valence-corrected chi connectivity index (χ3v) is 11.1. The molecule has 0 radical (unpaired) electrons. The minimum atomic E-state index is -0.776. The Morgan fingerprint density at radius 1 is 0.333 bits per heavy atom. The van der Waals surface area contributed by atoms with Gasteiger partial charge in [-0.2, -0.15) is 0 Å². The summed E-state index contributed by atoms with van der Waals surface area (Å²) in [6, 6.07) is 0. The van der Waals surface area contributed by atoms with E-state index in [0.717, 1.165) is 77.0 Å². The van der Waals surface area contributed by atoms with Gasteiger partial charge in [0.15, 0.2) is 6.10 Å². The molecule has 348 valence electrons. The highest BCUT2D eigenvalue weighted by Gasteiger charge is 2.19. The van der Waals surface area contributed by atoms with Gasteiger partial charge in [0.1, 0.15) is 13.2 Å². The van der Waals surface area contributed by atoms with E-state index in [9.17, 15) is 14.4 Å². The molecule has 0 spiro atoms. The summed E-state index contributed by atoms with van der Waals surface area (Å²) < 4.78 is 16.7. The average molecular weight is 841 g/mol. The maximum atomic E-state index is 12.7. The SMILES string of the molecule is CCCCC/C=C\C/C=C\C/C=C\CCCCCCCCC(=O)OCC(COC(=O)CCCCCCCC)OC(=O)CCCCCCCCC/C=C\CCCCCCCC. The van der Waals surface area contributed by atoms with Gasteiger partial charge in [-0.15, -0.1) is 0 Å². The van der Waals surface area contributed by atoms with E-state index in [1.807, 2.05) is 0 Å². The first-order valence-electron chi connectivity index (χ1n) is 25.6. The molecule has 0 saturated heterocycles. The fourth-order valence-electron chi connectivity index (χ4n) is 7.15. The van der Waals surface area contributed by atoms with Gasteiger partial charge in [0.05, 0.1) is 0 Å². The number of allylic oxidation sites excluding steroid dienone is 8. The zero-order chi connectivity index (χ0) is 43.7. The summed E-state index contributed by atoms with van der Waals surface area (Å²) >= 11 is 0. The number of esters is 3. The number of hydrogen-bond donors (Lipinski definition) is 0. The van der Waals surface area contributed by atoms with Crippen LogP contribution in [0.4, 0.5) is 0 Å². The van der Waals surface area contributed by atoms with Crippen LogP contribution in [0.5, 0.6) is 0 Å². The van der Waals surface area contributed by atoms with E-state index >= 15 is 0 Å². The van der Waals surface area contributed by atoms with E-state index in [-0.39, 0.29) is 31.1 Å². The van der Waals surface area contributed by atoms with Crippen molar-refractivity contribution in [3.05, 3.63) is 48.6 Å². The summed E-state index contributed by atoms with van der Waals surface area (Å²) in [6.45, 7) is 6.54. The second-order valence-corrected chi connectivity index (χ2v) is 17.1. The summed E-state index contributed by atoms with van der Waals surface area (Å²) in [7, 11) is 0. The highest BCUT2D eigenvalue weighted by Crippen LogP contribution is 2.14. The molecule has 1 atom stereocenters. The molecule has 0 aromatic carbocycles. The molecule has 0 bridgehead atoms. The van der Waals surface area contributed by atoms with E-state index in [1.165, 1.54) is 141 Å². The van der Waals surface area contributed by atoms with Crippen LogP contribution < -0.4 is 0 Å². The predicted molar refractivity (Wildman–Crippen MR) is 256 cm³/mol. The molecule has 0 rings (SSSR count). The molecule has 0 aromatic rings. The number of hydrogen-bond acceptors (Lipinski definition) is 6. The molecule has 0 aliphatic heterocycles. The van der Waals surface area contributed by atoms with Gasteiger partial charge in [0, 0.05) is 19.3 Å². The van der Waals surface area contributed by atoms with Crippen LogP contribution in [0.2, 0.25) is 0 Å². The summed E-state index contributed by atoms with van der Waals surface area (Å²) in [5.41, 5.74) is 0. The second-order valence-electron chi connectivity index (χ2n) is 17.1. The van der Waals surface area contributed by atoms with Gasteiger partial charge in [-0.3, -0.25) is 14.4 Å². The smallest absolute Gasteiger partial charge is 0.306 e. The molecule has 0 amide bonds. The number of carbonyl (C=O) groups is 3. The zero-order valence-corrected chi connectivity index (χ0v) is 39.7. The van der Waals surface area contributed by atoms with Crippen molar-refractivity contribution < 1.29 is 28.6 Å². The molecule has 1 unspecified atom stereocenters. The van der Waals surface area contributed by atoms with Crippen molar-refractivity contribution in [1.29, 1.82) is 0 Å². The molecule has 6 heteroatoms. The van der Waals surface area contributed by atoms with Gasteiger partial charge in [-0.25, -0.2) is 0 Å². The Morgan fingerprint density at radius 3 is 0.983 bits per heavy atom. The van der Waals surface area contributed by atoms with Crippen LogP contribution >= 0.6 is 0 Å². The number of ether oxygens (including phenoxy) is 3. The van der Waals surface area contributed by atoms with Gasteiger partial charge in [-0.1, -0.05) is 204 Å². The molecule has 0 heterocycles. The number of rotatable bonds is 46. The lowest BCUT2D eigenvalue weighted by molar-refractivity contribution is -0.167. The van der Waals surface area contributed by atoms with E-state index < -0.39 is 6.10 Å². The molecule has 0 aliphatic rings. The third-order valence-electron chi connectivity index (χ3n) is 11.1. The first-order chi connectivity index (χ1) is 29.5. The Kier molecular flexibility index (Phi) is 46.9. The lowest BCUT2D eigenvalue weighted by Gasteiger charge is -2.18. The van der Waals surface area contributed by atoms with Crippen molar-refractivity contribution in [2.75, 3.05) is 13.2 Å². The highest BCUT2D eigenvalue weighted by atomic mass is 16.6. The van der Waals surface area contributed by atoms with E-state index in [4.69, 9.17) is 14.2 Å². The Bertz CT molecular complexity index is 1060. The number of carbonyl (C=O) groups excluding carboxylic acids is 3. The monoisotopic (exact) mass is 841 g/mol. The summed E-state index contributed by atoms with van der Waals surface area (Å²) in [5.74, 6) is -0.900. The fraction of sp³-hybridized carbons (Fsp3) is 0.796. The first kappa shape index (κ1) is 57.4. The molecule has 0 N–H and O–H groups in total.